The second-order valence-electron chi connectivity index (χ2n) is 3.18. The molecule has 92 valence electrons. The van der Waals surface area contributed by atoms with Crippen LogP contribution in [0.1, 0.15) is 6.92 Å². The normalized spacial score (nSPS) is 10.0. The molecule has 0 unspecified atom stereocenters. The Morgan fingerprint density at radius 1 is 1.47 bits per heavy atom. The Hall–Kier alpha value is -0.590. The zero-order valence-electron chi connectivity index (χ0n) is 9.50. The molecule has 0 radical (unpaired) electrons. The van der Waals surface area contributed by atoms with Crippen LogP contribution in [0.5, 0.6) is 0 Å². The number of carbonyl (C=O) groups is 1. The molecule has 1 aromatic carbocycles. The molecule has 0 atom stereocenters. The number of halogens is 1. The minimum absolute atomic E-state index is 0. The van der Waals surface area contributed by atoms with Gasteiger partial charge in [-0.15, -0.1) is 17.0 Å². The summed E-state index contributed by atoms with van der Waals surface area (Å²) >= 11 is 2.74. The van der Waals surface area contributed by atoms with Crippen LogP contribution < -0.4 is 4.57 Å². The summed E-state index contributed by atoms with van der Waals surface area (Å²) in [6, 6.07) is 8.09. The molecule has 1 aromatic heterocycles. The van der Waals surface area contributed by atoms with E-state index in [1.165, 1.54) is 4.70 Å². The number of thiazole rings is 1. The minimum atomic E-state index is -0.246. The number of thioether (sulfide) groups is 1. The Morgan fingerprint density at radius 3 is 2.82 bits per heavy atom. The van der Waals surface area contributed by atoms with Crippen molar-refractivity contribution in [3.63, 3.8) is 0 Å². The average molecular weight is 335 g/mol. The first-order chi connectivity index (χ1) is 7.72. The lowest BCUT2D eigenvalue weighted by Crippen LogP contribution is -2.28. The van der Waals surface area contributed by atoms with Gasteiger partial charge in [-0.25, -0.2) is 4.79 Å². The van der Waals surface area contributed by atoms with Gasteiger partial charge in [-0.05, 0) is 13.0 Å². The van der Waals surface area contributed by atoms with Crippen LogP contribution in [0.4, 0.5) is 4.79 Å². The summed E-state index contributed by atoms with van der Waals surface area (Å²) < 4.78 is 9.05. The zero-order valence-corrected chi connectivity index (χ0v) is 12.9. The number of nitrogens with zero attached hydrogens (tertiary/aromatic N) is 1. The number of aryl methyl sites for hydroxylation is 1. The number of para-hydroxylation sites is 1. The number of benzene rings is 1. The molecule has 0 amide bonds. The van der Waals surface area contributed by atoms with E-state index in [1.807, 2.05) is 36.7 Å². The number of rotatable bonds is 2. The van der Waals surface area contributed by atoms with E-state index in [-0.39, 0.29) is 22.3 Å². The smallest absolute Gasteiger partial charge is 0.378 e. The molecule has 17 heavy (non-hydrogen) atoms. The maximum atomic E-state index is 11.4. The first-order valence-electron chi connectivity index (χ1n) is 4.94. The van der Waals surface area contributed by atoms with E-state index >= 15 is 0 Å². The highest BCUT2D eigenvalue weighted by molar-refractivity contribution is 8.93. The zero-order chi connectivity index (χ0) is 11.5. The molecule has 0 N–H and O–H groups in total. The molecule has 0 bridgehead atoms. The Bertz CT molecular complexity index is 527. The van der Waals surface area contributed by atoms with E-state index in [2.05, 4.69) is 6.07 Å². The lowest BCUT2D eigenvalue weighted by molar-refractivity contribution is -0.676. The van der Waals surface area contributed by atoms with Gasteiger partial charge in [0.25, 0.3) is 0 Å². The molecule has 0 saturated carbocycles. The maximum absolute atomic E-state index is 11.4. The average Bonchev–Trinajstić information content (AvgIpc) is 2.57. The third-order valence-corrected chi connectivity index (χ3v) is 4.38. The molecule has 0 spiro atoms. The molecule has 2 aromatic rings. The van der Waals surface area contributed by atoms with Crippen LogP contribution in [0.2, 0.25) is 0 Å². The number of ether oxygens (including phenoxy) is 1. The van der Waals surface area contributed by atoms with Gasteiger partial charge >= 0.3 is 9.64 Å². The Kier molecular flexibility index (Phi) is 5.42. The van der Waals surface area contributed by atoms with E-state index in [9.17, 15) is 4.79 Å². The van der Waals surface area contributed by atoms with Crippen LogP contribution in [0.3, 0.4) is 0 Å². The Labute approximate surface area is 119 Å². The van der Waals surface area contributed by atoms with E-state index < -0.39 is 0 Å². The molecule has 3 nitrogen and oxygen atoms in total. The summed E-state index contributed by atoms with van der Waals surface area (Å²) in [4.78, 5) is 11.4. The third-order valence-electron chi connectivity index (χ3n) is 2.13. The minimum Gasteiger partial charge on any atom is -0.457 e. The van der Waals surface area contributed by atoms with Crippen molar-refractivity contribution in [2.45, 2.75) is 11.3 Å². The number of fused-ring (bicyclic) bond motifs is 1. The molecular formula is C11H13BrNO2S2+. The summed E-state index contributed by atoms with van der Waals surface area (Å²) in [5.74, 6) is 0. The lowest BCUT2D eigenvalue weighted by atomic mass is 10.3. The lowest BCUT2D eigenvalue weighted by Gasteiger charge is -1.95. The van der Waals surface area contributed by atoms with Gasteiger partial charge in [0.1, 0.15) is 11.7 Å². The molecule has 0 aliphatic carbocycles. The molecular weight excluding hydrogens is 322 g/mol. The highest BCUT2D eigenvalue weighted by Gasteiger charge is 2.20. The highest BCUT2D eigenvalue weighted by atomic mass is 79.9. The van der Waals surface area contributed by atoms with Gasteiger partial charge in [0.05, 0.1) is 18.4 Å². The maximum Gasteiger partial charge on any atom is 0.378 e. The fraction of sp³-hybridized carbons (Fsp3) is 0.273. The Balaban J connectivity index is 0.00000144. The van der Waals surface area contributed by atoms with Crippen molar-refractivity contribution >= 4 is 55.6 Å². The number of hydrogen-bond donors (Lipinski definition) is 0. The van der Waals surface area contributed by atoms with Crippen molar-refractivity contribution in [1.82, 2.24) is 0 Å². The van der Waals surface area contributed by atoms with Gasteiger partial charge in [-0.3, -0.25) is 0 Å². The summed E-state index contributed by atoms with van der Waals surface area (Å²) in [5, 5.41) is -0.246. The van der Waals surface area contributed by atoms with Crippen molar-refractivity contribution in [3.05, 3.63) is 24.3 Å². The van der Waals surface area contributed by atoms with Crippen LogP contribution >= 0.6 is 40.1 Å². The Morgan fingerprint density at radius 2 is 2.18 bits per heavy atom. The quantitative estimate of drug-likeness (QED) is 0.478. The fourth-order valence-electron chi connectivity index (χ4n) is 1.39. The molecule has 0 fully saturated rings. The molecule has 0 aliphatic heterocycles. The van der Waals surface area contributed by atoms with Crippen LogP contribution in [-0.2, 0) is 11.8 Å². The largest absolute Gasteiger partial charge is 0.457 e. The first-order valence-corrected chi connectivity index (χ1v) is 6.58. The summed E-state index contributed by atoms with van der Waals surface area (Å²) in [5.41, 5.74) is 1.14. The summed E-state index contributed by atoms with van der Waals surface area (Å²) in [7, 11) is 1.96. The van der Waals surface area contributed by atoms with Gasteiger partial charge < -0.3 is 4.74 Å². The van der Waals surface area contributed by atoms with Gasteiger partial charge in [-0.1, -0.05) is 23.5 Å². The van der Waals surface area contributed by atoms with Crippen molar-refractivity contribution in [2.24, 2.45) is 7.05 Å². The fourth-order valence-corrected chi connectivity index (χ4v) is 3.46. The molecule has 1 heterocycles. The number of hydrogen-bond acceptors (Lipinski definition) is 4. The van der Waals surface area contributed by atoms with Crippen LogP contribution in [0.15, 0.2) is 28.6 Å². The van der Waals surface area contributed by atoms with E-state index in [0.29, 0.717) is 6.61 Å². The van der Waals surface area contributed by atoms with Gasteiger partial charge in [0, 0.05) is 6.07 Å². The monoisotopic (exact) mass is 334 g/mol. The van der Waals surface area contributed by atoms with Crippen LogP contribution in [-0.4, -0.2) is 11.9 Å². The van der Waals surface area contributed by atoms with Gasteiger partial charge in [0.15, 0.2) is 0 Å². The van der Waals surface area contributed by atoms with E-state index in [1.54, 1.807) is 11.3 Å². The number of carbonyl (C=O) groups excluding carboxylic acids is 1. The molecule has 0 aliphatic rings. The van der Waals surface area contributed by atoms with Crippen molar-refractivity contribution in [1.29, 1.82) is 0 Å². The predicted molar refractivity (Wildman–Crippen MR) is 76.2 cm³/mol. The van der Waals surface area contributed by atoms with Crippen LogP contribution in [0, 0.1) is 0 Å². The van der Waals surface area contributed by atoms with E-state index in [0.717, 1.165) is 21.6 Å². The first kappa shape index (κ1) is 14.5. The van der Waals surface area contributed by atoms with Crippen molar-refractivity contribution in [3.8, 4) is 0 Å². The van der Waals surface area contributed by atoms with Crippen molar-refractivity contribution < 1.29 is 14.1 Å². The third kappa shape index (κ3) is 3.20. The van der Waals surface area contributed by atoms with E-state index in [4.69, 9.17) is 4.74 Å². The highest BCUT2D eigenvalue weighted by Crippen LogP contribution is 2.28. The topological polar surface area (TPSA) is 30.2 Å². The second-order valence-corrected chi connectivity index (χ2v) is 5.39. The second kappa shape index (κ2) is 6.37. The SMILES string of the molecule is Br.CCOC(=O)Sc1sc2ccccc2[n+]1C. The standard InChI is InChI=1S/C11H12NO2S2.BrH/c1-3-14-11(13)16-10-12(2)8-6-4-5-7-9(8)15-10;/h4-7H,3H2,1-2H3;1H/q+1;. The summed E-state index contributed by atoms with van der Waals surface area (Å²) in [6.45, 7) is 2.23. The number of aromatic nitrogens is 1. The van der Waals surface area contributed by atoms with Gasteiger partial charge in [0.2, 0.25) is 5.52 Å². The molecule has 2 rings (SSSR count). The van der Waals surface area contributed by atoms with Gasteiger partial charge in [-0.2, -0.15) is 4.57 Å². The summed E-state index contributed by atoms with van der Waals surface area (Å²) in [6.07, 6.45) is 0. The van der Waals surface area contributed by atoms with Crippen LogP contribution in [0.25, 0.3) is 10.2 Å². The predicted octanol–water partition coefficient (Wildman–Crippen LogP) is 3.55. The molecule has 6 heteroatoms. The van der Waals surface area contributed by atoms with Crippen molar-refractivity contribution in [2.75, 3.05) is 6.61 Å². The molecule has 0 saturated heterocycles.